The highest BCUT2D eigenvalue weighted by molar-refractivity contribution is 5.97. The average molecular weight is 331 g/mol. The van der Waals surface area contributed by atoms with Crippen molar-refractivity contribution in [2.24, 2.45) is 10.8 Å². The average Bonchev–Trinajstić information content (AvgIpc) is 2.83. The first-order valence-corrected chi connectivity index (χ1v) is 7.98. The molecule has 1 amide bonds. The van der Waals surface area contributed by atoms with Gasteiger partial charge in [-0.2, -0.15) is 0 Å². The zero-order chi connectivity index (χ0) is 17.8. The van der Waals surface area contributed by atoms with Crippen molar-refractivity contribution in [3.8, 4) is 0 Å². The fraction of sp³-hybridized carbons (Fsp3) is 0.500. The number of esters is 1. The van der Waals surface area contributed by atoms with Gasteiger partial charge in [-0.05, 0) is 25.3 Å². The Morgan fingerprint density at radius 1 is 1.17 bits per heavy atom. The summed E-state index contributed by atoms with van der Waals surface area (Å²) in [5.74, 6) is -2.09. The molecule has 0 radical (unpaired) electrons. The summed E-state index contributed by atoms with van der Waals surface area (Å²) < 4.78 is 5.50. The molecule has 2 N–H and O–H groups in total. The van der Waals surface area contributed by atoms with E-state index in [0.717, 1.165) is 0 Å². The number of benzene rings is 1. The van der Waals surface area contributed by atoms with Gasteiger partial charge in [-0.3, -0.25) is 9.59 Å². The molecule has 1 aromatic carbocycles. The second-order valence-corrected chi connectivity index (χ2v) is 7.33. The van der Waals surface area contributed by atoms with Gasteiger partial charge in [-0.1, -0.05) is 44.2 Å². The molecule has 2 bridgehead atoms. The van der Waals surface area contributed by atoms with Crippen molar-refractivity contribution >= 4 is 17.8 Å². The van der Waals surface area contributed by atoms with Gasteiger partial charge in [0.1, 0.15) is 0 Å². The van der Waals surface area contributed by atoms with E-state index in [2.05, 4.69) is 5.32 Å². The molecule has 0 aromatic heterocycles. The number of aliphatic carboxylic acids is 1. The molecule has 24 heavy (non-hydrogen) atoms. The van der Waals surface area contributed by atoms with Crippen LogP contribution < -0.4 is 5.32 Å². The smallest absolute Gasteiger partial charge is 0.330 e. The van der Waals surface area contributed by atoms with E-state index >= 15 is 0 Å². The standard InChI is InChI=1S/C18H21NO5/c1-16(2)17(3)9-10-18(16,24-15(17)23)14(22)19-12(13(20)21)11-7-5-4-6-8-11/h4-8,12H,9-10H2,1-3H3,(H,19,22)(H,20,21)/t12-,17+,18+/m1/s1. The van der Waals surface area contributed by atoms with Gasteiger partial charge in [0.2, 0.25) is 0 Å². The van der Waals surface area contributed by atoms with Gasteiger partial charge in [-0.15, -0.1) is 0 Å². The first kappa shape index (κ1) is 16.5. The fourth-order valence-electron chi connectivity index (χ4n) is 3.93. The monoisotopic (exact) mass is 331 g/mol. The Morgan fingerprint density at radius 2 is 1.79 bits per heavy atom. The zero-order valence-electron chi connectivity index (χ0n) is 14.0. The van der Waals surface area contributed by atoms with E-state index in [0.29, 0.717) is 18.4 Å². The maximum absolute atomic E-state index is 13.0. The van der Waals surface area contributed by atoms with Crippen LogP contribution in [0.1, 0.15) is 45.2 Å². The van der Waals surface area contributed by atoms with Gasteiger partial charge < -0.3 is 15.2 Å². The normalized spacial score (nSPS) is 31.4. The van der Waals surface area contributed by atoms with E-state index in [9.17, 15) is 19.5 Å². The third-order valence-electron chi connectivity index (χ3n) is 6.11. The third kappa shape index (κ3) is 1.92. The predicted octanol–water partition coefficient (Wildman–Crippen LogP) is 2.05. The molecule has 1 aliphatic carbocycles. The minimum Gasteiger partial charge on any atom is -0.479 e. The largest absolute Gasteiger partial charge is 0.479 e. The summed E-state index contributed by atoms with van der Waals surface area (Å²) in [6.07, 6.45) is 0.949. The molecular weight excluding hydrogens is 310 g/mol. The molecule has 3 atom stereocenters. The van der Waals surface area contributed by atoms with Crippen LogP contribution in [0.15, 0.2) is 30.3 Å². The van der Waals surface area contributed by atoms with Crippen molar-refractivity contribution in [3.63, 3.8) is 0 Å². The van der Waals surface area contributed by atoms with Crippen LogP contribution in [0.25, 0.3) is 0 Å². The highest BCUT2D eigenvalue weighted by atomic mass is 16.6. The Kier molecular flexibility index (Phi) is 3.48. The van der Waals surface area contributed by atoms with Gasteiger partial charge in [0.25, 0.3) is 5.91 Å². The molecule has 1 heterocycles. The quantitative estimate of drug-likeness (QED) is 0.824. The number of hydrogen-bond donors (Lipinski definition) is 2. The number of amides is 1. The molecule has 6 heteroatoms. The molecule has 1 saturated carbocycles. The van der Waals surface area contributed by atoms with E-state index in [1.54, 1.807) is 30.3 Å². The summed E-state index contributed by atoms with van der Waals surface area (Å²) in [6.45, 7) is 5.48. The summed E-state index contributed by atoms with van der Waals surface area (Å²) in [5.41, 5.74) is -2.28. The molecule has 6 nitrogen and oxygen atoms in total. The maximum Gasteiger partial charge on any atom is 0.330 e. The van der Waals surface area contributed by atoms with Crippen molar-refractivity contribution < 1.29 is 24.2 Å². The van der Waals surface area contributed by atoms with Gasteiger partial charge in [-0.25, -0.2) is 4.79 Å². The highest BCUT2D eigenvalue weighted by Gasteiger charge is 2.75. The van der Waals surface area contributed by atoms with Crippen LogP contribution in [0.4, 0.5) is 0 Å². The first-order chi connectivity index (χ1) is 11.2. The summed E-state index contributed by atoms with van der Waals surface area (Å²) in [6, 6.07) is 7.29. The molecule has 2 fully saturated rings. The van der Waals surface area contributed by atoms with Gasteiger partial charge >= 0.3 is 11.9 Å². The minimum atomic E-state index is -1.32. The predicted molar refractivity (Wildman–Crippen MR) is 84.9 cm³/mol. The minimum absolute atomic E-state index is 0.388. The lowest BCUT2D eigenvalue weighted by molar-refractivity contribution is -0.169. The topological polar surface area (TPSA) is 92.7 Å². The fourth-order valence-corrected chi connectivity index (χ4v) is 3.93. The second kappa shape index (κ2) is 5.06. The lowest BCUT2D eigenvalue weighted by Crippen LogP contribution is -2.54. The van der Waals surface area contributed by atoms with Crippen LogP contribution in [0.3, 0.4) is 0 Å². The van der Waals surface area contributed by atoms with Crippen molar-refractivity contribution in [3.05, 3.63) is 35.9 Å². The SMILES string of the molecule is CC1(C)[C@@]2(C)CC[C@@]1(C(=O)N[C@@H](C(=O)O)c1ccccc1)OC2=O. The van der Waals surface area contributed by atoms with E-state index in [1.165, 1.54) is 0 Å². The number of carbonyl (C=O) groups is 3. The van der Waals surface area contributed by atoms with E-state index in [1.807, 2.05) is 20.8 Å². The summed E-state index contributed by atoms with van der Waals surface area (Å²) in [5, 5.41) is 12.1. The highest BCUT2D eigenvalue weighted by Crippen LogP contribution is 2.65. The molecule has 0 spiro atoms. The van der Waals surface area contributed by atoms with Crippen LogP contribution >= 0.6 is 0 Å². The second-order valence-electron chi connectivity index (χ2n) is 7.33. The zero-order valence-corrected chi connectivity index (χ0v) is 14.0. The molecule has 2 aliphatic rings. The van der Waals surface area contributed by atoms with Crippen LogP contribution in [0, 0.1) is 10.8 Å². The van der Waals surface area contributed by atoms with E-state index in [4.69, 9.17) is 4.74 Å². The Bertz CT molecular complexity index is 713. The number of ether oxygens (including phenoxy) is 1. The number of carboxylic acid groups (broad SMARTS) is 1. The third-order valence-corrected chi connectivity index (χ3v) is 6.11. The maximum atomic E-state index is 13.0. The number of nitrogens with one attached hydrogen (secondary N) is 1. The van der Waals surface area contributed by atoms with Crippen LogP contribution in [0.2, 0.25) is 0 Å². The van der Waals surface area contributed by atoms with Crippen LogP contribution in [-0.2, 0) is 19.1 Å². The summed E-state index contributed by atoms with van der Waals surface area (Å²) in [4.78, 5) is 36.8. The van der Waals surface area contributed by atoms with E-state index < -0.39 is 34.3 Å². The molecule has 128 valence electrons. The molecular formula is C18H21NO5. The molecule has 1 saturated heterocycles. The van der Waals surface area contributed by atoms with Crippen LogP contribution in [0.5, 0.6) is 0 Å². The Morgan fingerprint density at radius 3 is 2.25 bits per heavy atom. The molecule has 0 unspecified atom stereocenters. The van der Waals surface area contributed by atoms with Gasteiger partial charge in [0.05, 0.1) is 5.41 Å². The van der Waals surface area contributed by atoms with Crippen molar-refractivity contribution in [1.29, 1.82) is 0 Å². The number of carbonyl (C=O) groups excluding carboxylic acids is 2. The number of rotatable bonds is 4. The van der Waals surface area contributed by atoms with E-state index in [-0.39, 0.29) is 5.97 Å². The first-order valence-electron chi connectivity index (χ1n) is 7.98. The molecule has 1 aromatic rings. The number of fused-ring (bicyclic) bond motifs is 2. The number of carboxylic acids is 1. The van der Waals surface area contributed by atoms with Crippen LogP contribution in [-0.4, -0.2) is 28.6 Å². The molecule has 3 rings (SSSR count). The molecule has 1 aliphatic heterocycles. The summed E-state index contributed by atoms with van der Waals surface area (Å²) in [7, 11) is 0. The van der Waals surface area contributed by atoms with Crippen molar-refractivity contribution in [2.45, 2.75) is 45.3 Å². The number of hydrogen-bond acceptors (Lipinski definition) is 4. The van der Waals surface area contributed by atoms with Crippen molar-refractivity contribution in [2.75, 3.05) is 0 Å². The van der Waals surface area contributed by atoms with Gasteiger partial charge in [0.15, 0.2) is 11.6 Å². The Hall–Kier alpha value is -2.37. The Balaban J connectivity index is 1.92. The lowest BCUT2D eigenvalue weighted by atomic mass is 9.66. The van der Waals surface area contributed by atoms with Gasteiger partial charge in [0, 0.05) is 5.41 Å². The van der Waals surface area contributed by atoms with Crippen molar-refractivity contribution in [1.82, 2.24) is 5.32 Å². The Labute approximate surface area is 140 Å². The lowest BCUT2D eigenvalue weighted by Gasteiger charge is -2.36. The summed E-state index contributed by atoms with van der Waals surface area (Å²) >= 11 is 0.